The number of alkyl halides is 3. The molecule has 10 heteroatoms. The number of imidazole rings is 1. The number of hydrogen-bond acceptors (Lipinski definition) is 5. The van der Waals surface area contributed by atoms with E-state index in [0.29, 0.717) is 35.2 Å². The molecule has 7 nitrogen and oxygen atoms in total. The van der Waals surface area contributed by atoms with E-state index in [2.05, 4.69) is 40.7 Å². The number of anilines is 2. The molecule has 1 aliphatic carbocycles. The summed E-state index contributed by atoms with van der Waals surface area (Å²) in [5, 5.41) is 6.23. The Balaban J connectivity index is 1.67. The van der Waals surface area contributed by atoms with Gasteiger partial charge in [-0.05, 0) is 87.2 Å². The second-order valence-electron chi connectivity index (χ2n) is 11.3. The van der Waals surface area contributed by atoms with Gasteiger partial charge in [-0.3, -0.25) is 4.79 Å². The van der Waals surface area contributed by atoms with Crippen LogP contribution >= 0.6 is 0 Å². The maximum atomic E-state index is 12.7. The smallest absolute Gasteiger partial charge is 0.406 e. The first kappa shape index (κ1) is 27.8. The van der Waals surface area contributed by atoms with E-state index < -0.39 is 6.36 Å². The van der Waals surface area contributed by atoms with Gasteiger partial charge in [-0.2, -0.15) is 0 Å². The van der Waals surface area contributed by atoms with Crippen molar-refractivity contribution in [2.75, 3.05) is 32.5 Å². The fraction of sp³-hybridized carbons (Fsp3) is 0.500. The Morgan fingerprint density at radius 2 is 1.87 bits per heavy atom. The molecular formula is C28H36F3N5O2. The van der Waals surface area contributed by atoms with Crippen molar-refractivity contribution in [3.05, 3.63) is 48.0 Å². The molecule has 1 fully saturated rings. The van der Waals surface area contributed by atoms with E-state index in [1.807, 2.05) is 31.1 Å². The molecule has 1 saturated carbocycles. The molecule has 0 saturated heterocycles. The van der Waals surface area contributed by atoms with E-state index in [1.165, 1.54) is 24.3 Å². The van der Waals surface area contributed by atoms with Gasteiger partial charge >= 0.3 is 6.36 Å². The van der Waals surface area contributed by atoms with Gasteiger partial charge in [-0.25, -0.2) is 4.98 Å². The zero-order valence-corrected chi connectivity index (χ0v) is 22.5. The van der Waals surface area contributed by atoms with Crippen molar-refractivity contribution in [2.45, 2.75) is 52.4 Å². The highest BCUT2D eigenvalue weighted by Crippen LogP contribution is 2.46. The Labute approximate surface area is 221 Å². The molecule has 4 rings (SSSR count). The molecule has 2 aromatic carbocycles. The quantitative estimate of drug-likeness (QED) is 0.354. The van der Waals surface area contributed by atoms with Crippen LogP contribution in [0.3, 0.4) is 0 Å². The molecule has 1 heterocycles. The van der Waals surface area contributed by atoms with Gasteiger partial charge < -0.3 is 24.8 Å². The van der Waals surface area contributed by atoms with Crippen molar-refractivity contribution in [3.8, 4) is 5.75 Å². The molecule has 0 unspecified atom stereocenters. The Morgan fingerprint density at radius 3 is 2.50 bits per heavy atom. The van der Waals surface area contributed by atoms with Gasteiger partial charge in [0.15, 0.2) is 0 Å². The number of nitrogens with one attached hydrogen (secondary N) is 2. The number of fused-ring (bicyclic) bond motifs is 1. The minimum absolute atomic E-state index is 0.152. The van der Waals surface area contributed by atoms with Crippen molar-refractivity contribution < 1.29 is 22.7 Å². The normalized spacial score (nSPS) is 19.5. The van der Waals surface area contributed by atoms with Gasteiger partial charge in [0, 0.05) is 30.4 Å². The topological polar surface area (TPSA) is 71.4 Å². The maximum absolute atomic E-state index is 12.7. The lowest BCUT2D eigenvalue weighted by Gasteiger charge is -2.40. The highest BCUT2D eigenvalue weighted by molar-refractivity contribution is 5.97. The summed E-state index contributed by atoms with van der Waals surface area (Å²) in [6.07, 6.45) is -1.67. The Hall–Kier alpha value is -3.27. The molecule has 1 amide bonds. The van der Waals surface area contributed by atoms with Crippen LogP contribution < -0.4 is 15.4 Å². The fourth-order valence-electron chi connectivity index (χ4n) is 5.55. The molecular weight excluding hydrogens is 495 g/mol. The van der Waals surface area contributed by atoms with Crippen LogP contribution in [-0.4, -0.2) is 53.9 Å². The van der Waals surface area contributed by atoms with E-state index in [9.17, 15) is 18.0 Å². The second-order valence-corrected chi connectivity index (χ2v) is 11.3. The van der Waals surface area contributed by atoms with Crippen LogP contribution in [0.4, 0.5) is 24.8 Å². The summed E-state index contributed by atoms with van der Waals surface area (Å²) in [7, 11) is 3.90. The second kappa shape index (κ2) is 10.8. The lowest BCUT2D eigenvalue weighted by molar-refractivity contribution is -0.274. The van der Waals surface area contributed by atoms with Gasteiger partial charge in [0.2, 0.25) is 5.95 Å². The molecule has 1 aromatic heterocycles. The molecule has 0 aliphatic heterocycles. The molecule has 38 heavy (non-hydrogen) atoms. The van der Waals surface area contributed by atoms with Crippen molar-refractivity contribution in [1.82, 2.24) is 19.8 Å². The number of halogens is 3. The van der Waals surface area contributed by atoms with E-state index in [0.717, 1.165) is 31.3 Å². The minimum Gasteiger partial charge on any atom is -0.406 e. The number of aromatic nitrogens is 2. The average molecular weight is 532 g/mol. The zero-order valence-electron chi connectivity index (χ0n) is 22.5. The number of nitrogens with zero attached hydrogens (tertiary/aromatic N) is 3. The summed E-state index contributed by atoms with van der Waals surface area (Å²) >= 11 is 0. The summed E-state index contributed by atoms with van der Waals surface area (Å²) in [5.41, 5.74) is 2.85. The van der Waals surface area contributed by atoms with Gasteiger partial charge in [-0.15, -0.1) is 13.2 Å². The fourth-order valence-corrected chi connectivity index (χ4v) is 5.55. The number of likely N-dealkylation sites (N-methyl/N-ethyl adjacent to an activating group) is 1. The van der Waals surface area contributed by atoms with E-state index in [-0.39, 0.29) is 23.1 Å². The number of hydrogen-bond donors (Lipinski definition) is 2. The van der Waals surface area contributed by atoms with Crippen molar-refractivity contribution in [1.29, 1.82) is 0 Å². The van der Waals surface area contributed by atoms with Gasteiger partial charge in [0.05, 0.1) is 11.0 Å². The van der Waals surface area contributed by atoms with Gasteiger partial charge in [0.25, 0.3) is 5.91 Å². The first-order valence-electron chi connectivity index (χ1n) is 12.9. The maximum Gasteiger partial charge on any atom is 0.573 e. The Kier molecular flexibility index (Phi) is 7.92. The number of benzene rings is 2. The number of carbonyl (C=O) groups excluding carboxylic acids is 1. The number of ether oxygens (including phenoxy) is 1. The summed E-state index contributed by atoms with van der Waals surface area (Å²) in [6.45, 7) is 8.08. The Morgan fingerprint density at radius 1 is 1.16 bits per heavy atom. The van der Waals surface area contributed by atoms with Crippen LogP contribution in [0.25, 0.3) is 11.0 Å². The summed E-state index contributed by atoms with van der Waals surface area (Å²) in [6, 6.07) is 11.3. The number of carbonyl (C=O) groups is 1. The molecule has 0 bridgehead atoms. The van der Waals surface area contributed by atoms with Crippen LogP contribution in [0, 0.1) is 11.3 Å². The molecule has 1 aliphatic rings. The number of amides is 1. The highest BCUT2D eigenvalue weighted by atomic mass is 19.4. The van der Waals surface area contributed by atoms with Gasteiger partial charge in [-0.1, -0.05) is 20.8 Å². The lowest BCUT2D eigenvalue weighted by atomic mass is 9.70. The first-order chi connectivity index (χ1) is 17.8. The first-order valence-corrected chi connectivity index (χ1v) is 12.9. The lowest BCUT2D eigenvalue weighted by Crippen LogP contribution is -2.31. The monoisotopic (exact) mass is 531 g/mol. The molecule has 206 valence electrons. The molecule has 0 spiro atoms. The third kappa shape index (κ3) is 6.98. The van der Waals surface area contributed by atoms with Crippen molar-refractivity contribution in [3.63, 3.8) is 0 Å². The van der Waals surface area contributed by atoms with Crippen LogP contribution in [0.5, 0.6) is 5.75 Å². The third-order valence-electron chi connectivity index (χ3n) is 6.87. The van der Waals surface area contributed by atoms with Crippen molar-refractivity contribution in [2.24, 2.45) is 11.3 Å². The predicted molar refractivity (Wildman–Crippen MR) is 143 cm³/mol. The van der Waals surface area contributed by atoms with Crippen LogP contribution in [0.2, 0.25) is 0 Å². The van der Waals surface area contributed by atoms with Crippen LogP contribution in [0.1, 0.15) is 56.4 Å². The highest BCUT2D eigenvalue weighted by Gasteiger charge is 2.35. The minimum atomic E-state index is -4.75. The summed E-state index contributed by atoms with van der Waals surface area (Å²) < 4.78 is 43.9. The molecule has 0 radical (unpaired) electrons. The zero-order chi connectivity index (χ0) is 27.7. The van der Waals surface area contributed by atoms with E-state index >= 15 is 0 Å². The Bertz CT molecular complexity index is 1270. The third-order valence-corrected chi connectivity index (χ3v) is 6.87. The number of rotatable bonds is 8. The molecule has 3 aromatic rings. The van der Waals surface area contributed by atoms with Crippen molar-refractivity contribution >= 4 is 28.6 Å². The SMILES string of the molecule is C[C@@H]1C[C@H](n2c(Nc3ccc(OC(F)(F)F)cc3)nc3cc(C(=O)NCCN(C)C)ccc32)CC(C)(C)C1. The van der Waals surface area contributed by atoms with E-state index in [4.69, 9.17) is 4.98 Å². The van der Waals surface area contributed by atoms with E-state index in [1.54, 1.807) is 6.07 Å². The molecule has 2 atom stereocenters. The van der Waals surface area contributed by atoms with Crippen LogP contribution in [0.15, 0.2) is 42.5 Å². The van der Waals surface area contributed by atoms with Crippen LogP contribution in [-0.2, 0) is 0 Å². The average Bonchev–Trinajstić information content (AvgIpc) is 3.14. The predicted octanol–water partition coefficient (Wildman–Crippen LogP) is 6.36. The largest absolute Gasteiger partial charge is 0.573 e. The summed E-state index contributed by atoms with van der Waals surface area (Å²) in [4.78, 5) is 19.6. The van der Waals surface area contributed by atoms with Gasteiger partial charge in [0.1, 0.15) is 5.75 Å². The standard InChI is InChI=1S/C28H36F3N5O2/c1-18-14-21(17-27(2,3)16-18)36-24-11-6-19(25(37)32-12-13-35(4)5)15-23(24)34-26(36)33-20-7-9-22(10-8-20)38-28(29,30)31/h6-11,15,18,21H,12-14,16-17H2,1-5H3,(H,32,37)(H,33,34)/t18-,21+/m1/s1. The summed E-state index contributed by atoms with van der Waals surface area (Å²) in [5.74, 6) is 0.661. The molecule has 2 N–H and O–H groups in total.